The molecule has 1 atom stereocenters. The molecule has 0 aliphatic carbocycles. The zero-order valence-electron chi connectivity index (χ0n) is 14.7. The molecule has 4 rings (SSSR count). The minimum atomic E-state index is -0.130. The lowest BCUT2D eigenvalue weighted by molar-refractivity contribution is -0.140. The number of benzene rings is 1. The number of aromatic nitrogens is 2. The highest BCUT2D eigenvalue weighted by molar-refractivity contribution is 5.88. The Morgan fingerprint density at radius 2 is 1.96 bits per heavy atom. The van der Waals surface area contributed by atoms with Gasteiger partial charge < -0.3 is 9.80 Å². The molecule has 2 aliphatic heterocycles. The first-order valence-electron chi connectivity index (χ1n) is 8.98. The second-order valence-electron chi connectivity index (χ2n) is 6.89. The quantitative estimate of drug-likeness (QED) is 0.797. The van der Waals surface area contributed by atoms with Crippen molar-refractivity contribution >= 4 is 11.8 Å². The number of rotatable bonds is 3. The van der Waals surface area contributed by atoms with E-state index in [4.69, 9.17) is 0 Å². The van der Waals surface area contributed by atoms with Gasteiger partial charge in [-0.05, 0) is 31.1 Å². The number of amides is 2. The zero-order valence-corrected chi connectivity index (χ0v) is 14.7. The van der Waals surface area contributed by atoms with Crippen LogP contribution in [0.3, 0.4) is 0 Å². The Balaban J connectivity index is 1.48. The van der Waals surface area contributed by atoms with Gasteiger partial charge in [0.1, 0.15) is 0 Å². The summed E-state index contributed by atoms with van der Waals surface area (Å²) in [6.45, 7) is 5.89. The van der Waals surface area contributed by atoms with Crippen molar-refractivity contribution < 1.29 is 9.59 Å². The first-order chi connectivity index (χ1) is 12.7. The van der Waals surface area contributed by atoms with E-state index < -0.39 is 0 Å². The van der Waals surface area contributed by atoms with Crippen LogP contribution in [0.5, 0.6) is 0 Å². The smallest absolute Gasteiger partial charge is 0.245 e. The van der Waals surface area contributed by atoms with Crippen LogP contribution in [-0.4, -0.2) is 44.5 Å². The van der Waals surface area contributed by atoms with E-state index in [0.29, 0.717) is 26.2 Å². The number of hydrogen-bond acceptors (Lipinski definition) is 3. The Morgan fingerprint density at radius 3 is 2.73 bits per heavy atom. The second kappa shape index (κ2) is 6.78. The van der Waals surface area contributed by atoms with E-state index in [2.05, 4.69) is 11.7 Å². The normalized spacial score (nSPS) is 19.3. The lowest BCUT2D eigenvalue weighted by Gasteiger charge is -2.33. The molecule has 0 saturated carbocycles. The molecular weight excluding hydrogens is 328 g/mol. The van der Waals surface area contributed by atoms with Gasteiger partial charge in [-0.1, -0.05) is 24.8 Å². The molecule has 134 valence electrons. The number of hydrogen-bond donors (Lipinski definition) is 0. The molecule has 26 heavy (non-hydrogen) atoms. The van der Waals surface area contributed by atoms with E-state index in [1.807, 2.05) is 46.1 Å². The van der Waals surface area contributed by atoms with Gasteiger partial charge in [-0.3, -0.25) is 9.59 Å². The maximum Gasteiger partial charge on any atom is 0.245 e. The number of likely N-dealkylation sites (tertiary alicyclic amines) is 1. The van der Waals surface area contributed by atoms with Gasteiger partial charge in [-0.15, -0.1) is 0 Å². The van der Waals surface area contributed by atoms with Crippen LogP contribution in [0.1, 0.15) is 24.1 Å². The zero-order chi connectivity index (χ0) is 18.1. The summed E-state index contributed by atoms with van der Waals surface area (Å²) in [4.78, 5) is 28.5. The van der Waals surface area contributed by atoms with Gasteiger partial charge in [0.15, 0.2) is 0 Å². The summed E-state index contributed by atoms with van der Waals surface area (Å²) >= 11 is 0. The molecular formula is C20H22N4O2. The molecule has 0 spiro atoms. The van der Waals surface area contributed by atoms with Crippen LogP contribution in [0, 0.1) is 5.92 Å². The van der Waals surface area contributed by atoms with Crippen LogP contribution in [0.2, 0.25) is 0 Å². The number of fused-ring (bicyclic) bond motifs is 1. The van der Waals surface area contributed by atoms with Crippen molar-refractivity contribution in [1.82, 2.24) is 19.6 Å². The van der Waals surface area contributed by atoms with E-state index in [9.17, 15) is 9.59 Å². The van der Waals surface area contributed by atoms with Crippen molar-refractivity contribution in [1.29, 1.82) is 0 Å². The number of carbonyl (C=O) groups is 2. The summed E-state index contributed by atoms with van der Waals surface area (Å²) in [6.07, 6.45) is 4.86. The van der Waals surface area contributed by atoms with Gasteiger partial charge in [-0.2, -0.15) is 5.10 Å². The number of carbonyl (C=O) groups excluding carboxylic acids is 2. The molecule has 1 aromatic heterocycles. The predicted molar refractivity (Wildman–Crippen MR) is 97.3 cm³/mol. The molecule has 0 bridgehead atoms. The lowest BCUT2D eigenvalue weighted by atomic mass is 9.96. The predicted octanol–water partition coefficient (Wildman–Crippen LogP) is 2.14. The summed E-state index contributed by atoms with van der Waals surface area (Å²) in [5.74, 6) is -0.0934. The Morgan fingerprint density at radius 1 is 1.15 bits per heavy atom. The molecule has 1 aromatic carbocycles. The van der Waals surface area contributed by atoms with Gasteiger partial charge in [-0.25, -0.2) is 4.68 Å². The average molecular weight is 350 g/mol. The fraction of sp³-hybridized carbons (Fsp3) is 0.350. The van der Waals surface area contributed by atoms with Gasteiger partial charge in [0.05, 0.1) is 30.0 Å². The van der Waals surface area contributed by atoms with Crippen LogP contribution >= 0.6 is 0 Å². The summed E-state index contributed by atoms with van der Waals surface area (Å²) in [5.41, 5.74) is 3.17. The Kier molecular flexibility index (Phi) is 4.32. The van der Waals surface area contributed by atoms with E-state index in [1.165, 1.54) is 6.08 Å². The number of nitrogens with zero attached hydrogens (tertiary/aromatic N) is 4. The van der Waals surface area contributed by atoms with Gasteiger partial charge in [0.2, 0.25) is 11.8 Å². The summed E-state index contributed by atoms with van der Waals surface area (Å²) in [5, 5.41) is 4.48. The molecule has 1 fully saturated rings. The lowest BCUT2D eigenvalue weighted by Crippen LogP contribution is -2.45. The summed E-state index contributed by atoms with van der Waals surface area (Å²) in [6, 6.07) is 9.96. The molecule has 2 aromatic rings. The topological polar surface area (TPSA) is 58.4 Å². The fourth-order valence-electron chi connectivity index (χ4n) is 3.86. The van der Waals surface area contributed by atoms with Crippen LogP contribution in [0.4, 0.5) is 0 Å². The SMILES string of the molecule is C=CC(=O)N1CCCC(C(=O)N2Cc3cnn(-c4ccccc4)c3C2)C1. The number of piperidine rings is 1. The fourth-order valence-corrected chi connectivity index (χ4v) is 3.86. The minimum absolute atomic E-state index is 0.0908. The Hall–Kier alpha value is -2.89. The van der Waals surface area contributed by atoms with Crippen molar-refractivity contribution in [2.24, 2.45) is 5.92 Å². The molecule has 6 heteroatoms. The van der Waals surface area contributed by atoms with Crippen LogP contribution in [0.25, 0.3) is 5.69 Å². The standard InChI is InChI=1S/C20H22N4O2/c1-2-19(25)22-10-6-7-15(12-22)20(26)23-13-16-11-21-24(18(16)14-23)17-8-4-3-5-9-17/h2-5,8-9,11,15H,1,6-7,10,12-14H2. The van der Waals surface area contributed by atoms with Crippen molar-refractivity contribution in [3.8, 4) is 5.69 Å². The molecule has 2 amide bonds. The minimum Gasteiger partial charge on any atom is -0.338 e. The second-order valence-corrected chi connectivity index (χ2v) is 6.89. The van der Waals surface area contributed by atoms with Gasteiger partial charge >= 0.3 is 0 Å². The molecule has 1 unspecified atom stereocenters. The largest absolute Gasteiger partial charge is 0.338 e. The van der Waals surface area contributed by atoms with Crippen molar-refractivity contribution in [2.75, 3.05) is 13.1 Å². The molecule has 3 heterocycles. The molecule has 2 aliphatic rings. The third-order valence-corrected chi connectivity index (χ3v) is 5.23. The first-order valence-corrected chi connectivity index (χ1v) is 8.98. The maximum atomic E-state index is 13.0. The maximum absolute atomic E-state index is 13.0. The third kappa shape index (κ3) is 2.92. The summed E-state index contributed by atoms with van der Waals surface area (Å²) in [7, 11) is 0. The van der Waals surface area contributed by atoms with Crippen LogP contribution < -0.4 is 0 Å². The van der Waals surface area contributed by atoms with E-state index in [1.54, 1.807) is 4.90 Å². The Labute approximate surface area is 152 Å². The monoisotopic (exact) mass is 350 g/mol. The molecule has 0 N–H and O–H groups in total. The summed E-state index contributed by atoms with van der Waals surface area (Å²) < 4.78 is 1.91. The molecule has 0 radical (unpaired) electrons. The van der Waals surface area contributed by atoms with Crippen LogP contribution in [0.15, 0.2) is 49.2 Å². The van der Waals surface area contributed by atoms with E-state index >= 15 is 0 Å². The molecule has 6 nitrogen and oxygen atoms in total. The van der Waals surface area contributed by atoms with E-state index in [0.717, 1.165) is 29.8 Å². The highest BCUT2D eigenvalue weighted by Gasteiger charge is 2.34. The Bertz CT molecular complexity index is 843. The van der Waals surface area contributed by atoms with E-state index in [-0.39, 0.29) is 17.7 Å². The third-order valence-electron chi connectivity index (χ3n) is 5.23. The van der Waals surface area contributed by atoms with Crippen LogP contribution in [-0.2, 0) is 22.7 Å². The van der Waals surface area contributed by atoms with Crippen molar-refractivity contribution in [3.05, 3.63) is 60.4 Å². The van der Waals surface area contributed by atoms with Crippen molar-refractivity contribution in [2.45, 2.75) is 25.9 Å². The van der Waals surface area contributed by atoms with Crippen molar-refractivity contribution in [3.63, 3.8) is 0 Å². The highest BCUT2D eigenvalue weighted by atomic mass is 16.2. The number of para-hydroxylation sites is 1. The first kappa shape index (κ1) is 16.6. The average Bonchev–Trinajstić information content (AvgIpc) is 3.28. The van der Waals surface area contributed by atoms with Gasteiger partial charge in [0, 0.05) is 25.2 Å². The highest BCUT2D eigenvalue weighted by Crippen LogP contribution is 2.28. The van der Waals surface area contributed by atoms with Gasteiger partial charge in [0.25, 0.3) is 0 Å². The molecule has 1 saturated heterocycles.